The molecule has 3 fully saturated rings. The topological polar surface area (TPSA) is 57.5 Å². The van der Waals surface area contributed by atoms with Gasteiger partial charge < -0.3 is 10.2 Å². The van der Waals surface area contributed by atoms with Gasteiger partial charge >= 0.3 is 0 Å². The normalized spacial score (nSPS) is 55.0. The van der Waals surface area contributed by atoms with E-state index in [0.29, 0.717) is 17.8 Å². The first-order valence-corrected chi connectivity index (χ1v) is 9.05. The molecule has 3 nitrogen and oxygen atoms in total. The van der Waals surface area contributed by atoms with E-state index in [1.165, 1.54) is 0 Å². The standard InChI is InChI=1S/C20H28O3/c1-18-7-4-12(21)10-16(18)17(22)11-13-14(18)5-8-19(2)15(13)6-9-20(19,3)23/h4,7,10,13-15,17,22-23H,5-6,8-9,11H2,1-3H3/t13-,14+,15+,17-,18-,19+,20-/m1/s1. The molecule has 0 radical (unpaired) electrons. The van der Waals surface area contributed by atoms with Crippen LogP contribution in [0.4, 0.5) is 0 Å². The number of aliphatic hydroxyl groups is 2. The van der Waals surface area contributed by atoms with Crippen LogP contribution in [0.1, 0.15) is 52.9 Å². The summed E-state index contributed by atoms with van der Waals surface area (Å²) in [6, 6.07) is 0. The highest BCUT2D eigenvalue weighted by Crippen LogP contribution is 2.66. The lowest BCUT2D eigenvalue weighted by molar-refractivity contribution is -0.122. The summed E-state index contributed by atoms with van der Waals surface area (Å²) in [6.07, 6.45) is 9.61. The fourth-order valence-corrected chi connectivity index (χ4v) is 6.49. The van der Waals surface area contributed by atoms with Gasteiger partial charge in [0.15, 0.2) is 5.78 Å². The van der Waals surface area contributed by atoms with E-state index in [4.69, 9.17) is 0 Å². The lowest BCUT2D eigenvalue weighted by Gasteiger charge is -2.58. The summed E-state index contributed by atoms with van der Waals surface area (Å²) in [5.74, 6) is 1.36. The van der Waals surface area contributed by atoms with Crippen LogP contribution in [0.2, 0.25) is 0 Å². The van der Waals surface area contributed by atoms with Crippen molar-refractivity contribution in [1.29, 1.82) is 0 Å². The molecule has 23 heavy (non-hydrogen) atoms. The van der Waals surface area contributed by atoms with Crippen molar-refractivity contribution in [2.24, 2.45) is 28.6 Å². The molecule has 126 valence electrons. The molecule has 4 aliphatic carbocycles. The zero-order valence-corrected chi connectivity index (χ0v) is 14.4. The first kappa shape index (κ1) is 15.6. The SMILES string of the molecule is C[C@]12C=CC(=O)C=C1[C@H](O)C[C@@H]1[C@@H]2CC[C@@]2(C)[C@H]1CC[C@@]2(C)O. The Morgan fingerprint density at radius 2 is 1.83 bits per heavy atom. The second kappa shape index (κ2) is 4.58. The van der Waals surface area contributed by atoms with Crippen LogP contribution in [-0.4, -0.2) is 27.7 Å². The largest absolute Gasteiger partial charge is 0.390 e. The first-order valence-electron chi connectivity index (χ1n) is 9.05. The summed E-state index contributed by atoms with van der Waals surface area (Å²) < 4.78 is 0. The smallest absolute Gasteiger partial charge is 0.178 e. The summed E-state index contributed by atoms with van der Waals surface area (Å²) >= 11 is 0. The highest BCUT2D eigenvalue weighted by molar-refractivity contribution is 6.01. The first-order chi connectivity index (χ1) is 10.7. The maximum Gasteiger partial charge on any atom is 0.178 e. The van der Waals surface area contributed by atoms with Crippen LogP contribution in [0.5, 0.6) is 0 Å². The van der Waals surface area contributed by atoms with Crippen molar-refractivity contribution in [1.82, 2.24) is 0 Å². The Bertz CT molecular complexity index is 616. The molecule has 0 aromatic rings. The van der Waals surface area contributed by atoms with Gasteiger partial charge in [-0.3, -0.25) is 4.79 Å². The summed E-state index contributed by atoms with van der Waals surface area (Å²) in [5.41, 5.74) is 0.0777. The van der Waals surface area contributed by atoms with Crippen molar-refractivity contribution < 1.29 is 15.0 Å². The van der Waals surface area contributed by atoms with E-state index in [2.05, 4.69) is 13.8 Å². The van der Waals surface area contributed by atoms with Gasteiger partial charge in [0.05, 0.1) is 11.7 Å². The second-order valence-corrected chi connectivity index (χ2v) is 9.02. The van der Waals surface area contributed by atoms with Gasteiger partial charge in [-0.25, -0.2) is 0 Å². The molecule has 0 spiro atoms. The van der Waals surface area contributed by atoms with E-state index in [-0.39, 0.29) is 16.6 Å². The maximum atomic E-state index is 11.8. The fraction of sp³-hybridized carbons (Fsp3) is 0.750. The third kappa shape index (κ3) is 1.87. The lowest BCUT2D eigenvalue weighted by Crippen LogP contribution is -2.55. The summed E-state index contributed by atoms with van der Waals surface area (Å²) in [5, 5.41) is 21.6. The highest BCUT2D eigenvalue weighted by atomic mass is 16.3. The Hall–Kier alpha value is -0.930. The number of ketones is 1. The van der Waals surface area contributed by atoms with Gasteiger partial charge in [-0.05, 0) is 79.9 Å². The van der Waals surface area contributed by atoms with Gasteiger partial charge in [-0.15, -0.1) is 0 Å². The third-order valence-corrected chi connectivity index (χ3v) is 8.14. The van der Waals surface area contributed by atoms with Gasteiger partial charge in [-0.2, -0.15) is 0 Å². The summed E-state index contributed by atoms with van der Waals surface area (Å²) in [4.78, 5) is 11.8. The van der Waals surface area contributed by atoms with Crippen molar-refractivity contribution in [2.45, 2.75) is 64.6 Å². The van der Waals surface area contributed by atoms with Crippen molar-refractivity contribution in [3.63, 3.8) is 0 Å². The Kier molecular flexibility index (Phi) is 3.10. The Morgan fingerprint density at radius 3 is 2.57 bits per heavy atom. The van der Waals surface area contributed by atoms with Crippen LogP contribution in [0.15, 0.2) is 23.8 Å². The van der Waals surface area contributed by atoms with Gasteiger partial charge in [0.25, 0.3) is 0 Å². The van der Waals surface area contributed by atoms with Crippen LogP contribution in [0.25, 0.3) is 0 Å². The quantitative estimate of drug-likeness (QED) is 0.722. The van der Waals surface area contributed by atoms with Crippen LogP contribution < -0.4 is 0 Å². The molecule has 0 saturated heterocycles. The van der Waals surface area contributed by atoms with Crippen LogP contribution in [0, 0.1) is 28.6 Å². The van der Waals surface area contributed by atoms with E-state index < -0.39 is 11.7 Å². The average molecular weight is 316 g/mol. The predicted molar refractivity (Wildman–Crippen MR) is 88.6 cm³/mol. The molecule has 0 bridgehead atoms. The minimum Gasteiger partial charge on any atom is -0.390 e. The van der Waals surface area contributed by atoms with Crippen molar-refractivity contribution in [3.05, 3.63) is 23.8 Å². The van der Waals surface area contributed by atoms with Gasteiger partial charge in [-0.1, -0.05) is 19.9 Å². The van der Waals surface area contributed by atoms with Gasteiger partial charge in [0.1, 0.15) is 0 Å². The van der Waals surface area contributed by atoms with Crippen LogP contribution in [-0.2, 0) is 4.79 Å². The molecule has 4 rings (SSSR count). The molecule has 3 saturated carbocycles. The maximum absolute atomic E-state index is 11.8. The van der Waals surface area contributed by atoms with Crippen molar-refractivity contribution in [2.75, 3.05) is 0 Å². The minimum atomic E-state index is -0.594. The number of fused-ring (bicyclic) bond motifs is 5. The molecule has 0 aliphatic heterocycles. The zero-order valence-electron chi connectivity index (χ0n) is 14.4. The zero-order chi connectivity index (χ0) is 16.6. The number of rotatable bonds is 0. The number of allylic oxidation sites excluding steroid dienone is 3. The number of hydrogen-bond acceptors (Lipinski definition) is 3. The Labute approximate surface area is 138 Å². The van der Waals surface area contributed by atoms with Gasteiger partial charge in [0, 0.05) is 5.41 Å². The molecule has 0 aromatic carbocycles. The van der Waals surface area contributed by atoms with E-state index in [9.17, 15) is 15.0 Å². The van der Waals surface area contributed by atoms with Crippen molar-refractivity contribution >= 4 is 5.78 Å². The summed E-state index contributed by atoms with van der Waals surface area (Å²) in [7, 11) is 0. The van der Waals surface area contributed by atoms with E-state index in [0.717, 1.165) is 37.7 Å². The van der Waals surface area contributed by atoms with E-state index in [1.807, 2.05) is 13.0 Å². The molecule has 2 N–H and O–H groups in total. The molecule has 7 atom stereocenters. The monoisotopic (exact) mass is 316 g/mol. The fourth-order valence-electron chi connectivity index (χ4n) is 6.49. The number of carbonyl (C=O) groups excluding carboxylic acids is 1. The molecule has 4 aliphatic rings. The number of hydrogen-bond donors (Lipinski definition) is 2. The minimum absolute atomic E-state index is 0.000535. The Balaban J connectivity index is 1.75. The van der Waals surface area contributed by atoms with Crippen molar-refractivity contribution in [3.8, 4) is 0 Å². The summed E-state index contributed by atoms with van der Waals surface area (Å²) in [6.45, 7) is 6.44. The molecule has 3 heteroatoms. The Morgan fingerprint density at radius 1 is 1.13 bits per heavy atom. The molecule has 0 aromatic heterocycles. The van der Waals surface area contributed by atoms with Gasteiger partial charge in [0.2, 0.25) is 0 Å². The molecule has 0 amide bonds. The molecule has 0 unspecified atom stereocenters. The highest BCUT2D eigenvalue weighted by Gasteiger charge is 2.63. The van der Waals surface area contributed by atoms with Crippen LogP contribution >= 0.6 is 0 Å². The number of aliphatic hydroxyl groups excluding tert-OH is 1. The van der Waals surface area contributed by atoms with Crippen LogP contribution in [0.3, 0.4) is 0 Å². The molecular formula is C20H28O3. The molecular weight excluding hydrogens is 288 g/mol. The van der Waals surface area contributed by atoms with E-state index in [1.54, 1.807) is 12.2 Å². The molecule has 0 heterocycles. The lowest BCUT2D eigenvalue weighted by atomic mass is 9.47. The number of carbonyl (C=O) groups is 1. The predicted octanol–water partition coefficient (Wildman–Crippen LogP) is 3.02. The van der Waals surface area contributed by atoms with E-state index >= 15 is 0 Å². The average Bonchev–Trinajstić information content (AvgIpc) is 2.72. The third-order valence-electron chi connectivity index (χ3n) is 8.14. The second-order valence-electron chi connectivity index (χ2n) is 9.02.